The third-order valence-electron chi connectivity index (χ3n) is 2.28. The lowest BCUT2D eigenvalue weighted by molar-refractivity contribution is 0.793. The van der Waals surface area contributed by atoms with Crippen molar-refractivity contribution >= 4 is 0 Å². The van der Waals surface area contributed by atoms with Crippen molar-refractivity contribution in [2.75, 3.05) is 0 Å². The van der Waals surface area contributed by atoms with Gasteiger partial charge in [-0.1, -0.05) is 44.5 Å². The maximum absolute atomic E-state index is 3.87. The summed E-state index contributed by atoms with van der Waals surface area (Å²) in [6.45, 7) is 6.11. The summed E-state index contributed by atoms with van der Waals surface area (Å²) in [7, 11) is 0. The Hall–Kier alpha value is -0.780. The van der Waals surface area contributed by atoms with Gasteiger partial charge >= 0.3 is 0 Å². The Balaban J connectivity index is 2.56. The Morgan fingerprint density at radius 2 is 1.85 bits per heavy atom. The van der Waals surface area contributed by atoms with Crippen molar-refractivity contribution in [3.05, 3.63) is 42.3 Å². The predicted molar refractivity (Wildman–Crippen MR) is 58.7 cm³/mol. The molecule has 0 saturated carbocycles. The van der Waals surface area contributed by atoms with Crippen LogP contribution in [0.1, 0.15) is 37.3 Å². The fraction of sp³-hybridized carbons (Fsp3) is 0.462. The quantitative estimate of drug-likeness (QED) is 0.638. The summed E-state index contributed by atoms with van der Waals surface area (Å²) in [5.41, 5.74) is 2.91. The molecule has 0 fully saturated rings. The second kappa shape index (κ2) is 5.80. The Morgan fingerprint density at radius 1 is 1.15 bits per heavy atom. The molecule has 13 heavy (non-hydrogen) atoms. The standard InChI is InChI=1S/C13H19/c1-3-5-8-13-10-6-9-12(11-13)7-4-2/h6,9-11H,2-5,7-8H2,1H3. The van der Waals surface area contributed by atoms with Crippen LogP contribution < -0.4 is 0 Å². The number of aryl methyl sites for hydroxylation is 2. The van der Waals surface area contributed by atoms with Crippen LogP contribution >= 0.6 is 0 Å². The van der Waals surface area contributed by atoms with Crippen LogP contribution in [0.15, 0.2) is 24.3 Å². The fourth-order valence-corrected chi connectivity index (χ4v) is 1.53. The molecule has 0 N–H and O–H groups in total. The first-order valence-corrected chi connectivity index (χ1v) is 5.24. The van der Waals surface area contributed by atoms with E-state index in [9.17, 15) is 0 Å². The topological polar surface area (TPSA) is 0 Å². The zero-order chi connectivity index (χ0) is 9.52. The van der Waals surface area contributed by atoms with Gasteiger partial charge < -0.3 is 0 Å². The van der Waals surface area contributed by atoms with E-state index < -0.39 is 0 Å². The highest BCUT2D eigenvalue weighted by Crippen LogP contribution is 2.10. The van der Waals surface area contributed by atoms with Crippen LogP contribution in [0.4, 0.5) is 0 Å². The summed E-state index contributed by atoms with van der Waals surface area (Å²) in [4.78, 5) is 0. The van der Waals surface area contributed by atoms with E-state index in [2.05, 4.69) is 38.1 Å². The molecule has 0 aliphatic carbocycles. The molecule has 1 aromatic carbocycles. The van der Waals surface area contributed by atoms with E-state index in [1.807, 2.05) is 0 Å². The Morgan fingerprint density at radius 3 is 2.46 bits per heavy atom. The van der Waals surface area contributed by atoms with Crippen LogP contribution in [-0.2, 0) is 12.8 Å². The molecule has 0 heteroatoms. The van der Waals surface area contributed by atoms with E-state index in [-0.39, 0.29) is 0 Å². The van der Waals surface area contributed by atoms with Gasteiger partial charge in [0, 0.05) is 0 Å². The minimum atomic E-state index is 0.997. The molecule has 0 amide bonds. The average Bonchev–Trinajstić information content (AvgIpc) is 2.16. The molecule has 0 bridgehead atoms. The lowest BCUT2D eigenvalue weighted by Gasteiger charge is -2.03. The minimum Gasteiger partial charge on any atom is -0.0654 e. The van der Waals surface area contributed by atoms with Crippen molar-refractivity contribution in [2.45, 2.75) is 39.0 Å². The van der Waals surface area contributed by atoms with Gasteiger partial charge in [-0.3, -0.25) is 0 Å². The number of hydrogen-bond acceptors (Lipinski definition) is 0. The number of benzene rings is 1. The van der Waals surface area contributed by atoms with Crippen LogP contribution in [0, 0.1) is 6.92 Å². The van der Waals surface area contributed by atoms with Crippen molar-refractivity contribution in [3.63, 3.8) is 0 Å². The maximum atomic E-state index is 3.87. The first-order chi connectivity index (χ1) is 6.36. The Kier molecular flexibility index (Phi) is 4.59. The molecule has 0 aromatic heterocycles. The first kappa shape index (κ1) is 10.3. The summed E-state index contributed by atoms with van der Waals surface area (Å²) in [5.74, 6) is 0. The van der Waals surface area contributed by atoms with E-state index in [1.54, 1.807) is 0 Å². The Bertz CT molecular complexity index is 238. The number of rotatable bonds is 5. The monoisotopic (exact) mass is 175 g/mol. The van der Waals surface area contributed by atoms with Gasteiger partial charge in [0.2, 0.25) is 0 Å². The van der Waals surface area contributed by atoms with Crippen LogP contribution in [0.5, 0.6) is 0 Å². The molecule has 0 heterocycles. The van der Waals surface area contributed by atoms with Gasteiger partial charge in [0.05, 0.1) is 0 Å². The van der Waals surface area contributed by atoms with Crippen LogP contribution in [0.25, 0.3) is 0 Å². The average molecular weight is 175 g/mol. The lowest BCUT2D eigenvalue weighted by atomic mass is 10.0. The van der Waals surface area contributed by atoms with E-state index in [1.165, 1.54) is 30.4 Å². The molecule has 0 atom stereocenters. The first-order valence-electron chi connectivity index (χ1n) is 5.24. The van der Waals surface area contributed by atoms with Crippen molar-refractivity contribution < 1.29 is 0 Å². The van der Waals surface area contributed by atoms with Gasteiger partial charge in [0.25, 0.3) is 0 Å². The summed E-state index contributed by atoms with van der Waals surface area (Å²) in [6, 6.07) is 8.90. The second-order valence-corrected chi connectivity index (χ2v) is 3.53. The summed E-state index contributed by atoms with van der Waals surface area (Å²) in [6.07, 6.45) is 5.91. The smallest absolute Gasteiger partial charge is 0.0279 e. The molecule has 0 aliphatic rings. The molecule has 0 spiro atoms. The van der Waals surface area contributed by atoms with E-state index >= 15 is 0 Å². The zero-order valence-corrected chi connectivity index (χ0v) is 8.55. The molecular weight excluding hydrogens is 156 g/mol. The van der Waals surface area contributed by atoms with Crippen molar-refractivity contribution in [2.24, 2.45) is 0 Å². The third kappa shape index (κ3) is 3.63. The van der Waals surface area contributed by atoms with E-state index in [0.717, 1.165) is 12.8 Å². The summed E-state index contributed by atoms with van der Waals surface area (Å²) >= 11 is 0. The van der Waals surface area contributed by atoms with Crippen molar-refractivity contribution in [1.29, 1.82) is 0 Å². The molecule has 0 saturated heterocycles. The molecule has 0 aliphatic heterocycles. The second-order valence-electron chi connectivity index (χ2n) is 3.53. The third-order valence-corrected chi connectivity index (χ3v) is 2.28. The highest BCUT2D eigenvalue weighted by molar-refractivity contribution is 5.23. The van der Waals surface area contributed by atoms with Crippen LogP contribution in [0.3, 0.4) is 0 Å². The van der Waals surface area contributed by atoms with Crippen LogP contribution in [-0.4, -0.2) is 0 Å². The normalized spacial score (nSPS) is 10.3. The van der Waals surface area contributed by atoms with Gasteiger partial charge in [-0.25, -0.2) is 0 Å². The molecule has 0 nitrogen and oxygen atoms in total. The number of hydrogen-bond donors (Lipinski definition) is 0. The highest BCUT2D eigenvalue weighted by Gasteiger charge is 1.94. The SMILES string of the molecule is [CH2]CCc1cccc(CCCC)c1. The van der Waals surface area contributed by atoms with Crippen molar-refractivity contribution in [3.8, 4) is 0 Å². The summed E-state index contributed by atoms with van der Waals surface area (Å²) in [5, 5.41) is 0. The fourth-order valence-electron chi connectivity index (χ4n) is 1.53. The zero-order valence-electron chi connectivity index (χ0n) is 8.55. The van der Waals surface area contributed by atoms with E-state index in [0.29, 0.717) is 0 Å². The van der Waals surface area contributed by atoms with Crippen molar-refractivity contribution in [1.82, 2.24) is 0 Å². The highest BCUT2D eigenvalue weighted by atomic mass is 14.0. The van der Waals surface area contributed by atoms with E-state index in [4.69, 9.17) is 0 Å². The van der Waals surface area contributed by atoms with Gasteiger partial charge in [-0.15, -0.1) is 0 Å². The Labute approximate surface area is 82.0 Å². The van der Waals surface area contributed by atoms with Gasteiger partial charge in [-0.2, -0.15) is 0 Å². The van der Waals surface area contributed by atoms with Crippen LogP contribution in [0.2, 0.25) is 0 Å². The minimum absolute atomic E-state index is 0.997. The molecule has 71 valence electrons. The largest absolute Gasteiger partial charge is 0.0654 e. The molecule has 0 unspecified atom stereocenters. The van der Waals surface area contributed by atoms with Gasteiger partial charge in [0.1, 0.15) is 0 Å². The van der Waals surface area contributed by atoms with Gasteiger partial charge in [0.15, 0.2) is 0 Å². The maximum Gasteiger partial charge on any atom is -0.0279 e. The van der Waals surface area contributed by atoms with Gasteiger partial charge in [-0.05, 0) is 36.8 Å². The molecule has 1 radical (unpaired) electrons. The molecule has 1 rings (SSSR count). The lowest BCUT2D eigenvalue weighted by Crippen LogP contribution is -1.88. The number of unbranched alkanes of at least 4 members (excludes halogenated alkanes) is 1. The predicted octanol–water partition coefficient (Wildman–Crippen LogP) is 3.80. The molecular formula is C13H19. The molecule has 1 aromatic rings. The summed E-state index contributed by atoms with van der Waals surface area (Å²) < 4.78 is 0.